The van der Waals surface area contributed by atoms with Crippen LogP contribution in [-0.4, -0.2) is 22.2 Å². The molecule has 6 heteroatoms. The number of hydrogen-bond donors (Lipinski definition) is 1. The summed E-state index contributed by atoms with van der Waals surface area (Å²) in [6, 6.07) is 12.3. The monoisotopic (exact) mass is 363 g/mol. The summed E-state index contributed by atoms with van der Waals surface area (Å²) in [5, 5.41) is 11.3. The molecule has 3 rings (SSSR count). The quantitative estimate of drug-likeness (QED) is 0.743. The number of carbonyl (C=O) groups excluding carboxylic acids is 1. The van der Waals surface area contributed by atoms with E-state index in [-0.39, 0.29) is 19.1 Å². The zero-order valence-electron chi connectivity index (χ0n) is 12.9. The lowest BCUT2D eigenvalue weighted by Crippen LogP contribution is -2.20. The highest BCUT2D eigenvalue weighted by molar-refractivity contribution is 6.35. The van der Waals surface area contributed by atoms with Gasteiger partial charge in [0, 0.05) is 21.7 Å². The maximum atomic E-state index is 12.6. The number of carbonyl (C=O) groups is 1. The average Bonchev–Trinajstić information content (AvgIpc) is 2.85. The van der Waals surface area contributed by atoms with Crippen molar-refractivity contribution in [3.05, 3.63) is 63.8 Å². The largest absolute Gasteiger partial charge is 0.482 e. The fourth-order valence-electron chi connectivity index (χ4n) is 2.75. The molecule has 0 bridgehead atoms. The Morgan fingerprint density at radius 1 is 1.21 bits per heavy atom. The van der Waals surface area contributed by atoms with Gasteiger partial charge >= 0.3 is 0 Å². The minimum atomic E-state index is -0.241. The molecular formula is C18H15Cl2NO3. The zero-order chi connectivity index (χ0) is 17.3. The lowest BCUT2D eigenvalue weighted by atomic mass is 10.1. The van der Waals surface area contributed by atoms with Crippen LogP contribution in [0.4, 0.5) is 0 Å². The molecule has 4 nitrogen and oxygen atoms in total. The summed E-state index contributed by atoms with van der Waals surface area (Å²) in [7, 11) is 0. The summed E-state index contributed by atoms with van der Waals surface area (Å²) in [4.78, 5) is 12.6. The predicted molar refractivity (Wildman–Crippen MR) is 95.2 cm³/mol. The van der Waals surface area contributed by atoms with Gasteiger partial charge in [0.1, 0.15) is 5.75 Å². The van der Waals surface area contributed by atoms with E-state index in [1.165, 1.54) is 0 Å². The van der Waals surface area contributed by atoms with E-state index < -0.39 is 0 Å². The first kappa shape index (κ1) is 16.8. The fraction of sp³-hybridized carbons (Fsp3) is 0.167. The standard InChI is InChI=1S/C18H15Cl2NO3/c1-11-14(9-22)13-4-2-3-5-16(13)21(11)18(23)10-24-17-7-6-12(19)8-15(17)20/h2-8,22H,9-10H2,1H3. The van der Waals surface area contributed by atoms with Crippen molar-refractivity contribution in [2.75, 3.05) is 6.61 Å². The predicted octanol–water partition coefficient (Wildman–Crippen LogP) is 4.47. The zero-order valence-corrected chi connectivity index (χ0v) is 14.4. The van der Waals surface area contributed by atoms with E-state index in [1.54, 1.807) is 29.7 Å². The van der Waals surface area contributed by atoms with Gasteiger partial charge in [-0.25, -0.2) is 0 Å². The molecule has 1 heterocycles. The minimum Gasteiger partial charge on any atom is -0.482 e. The normalized spacial score (nSPS) is 11.0. The van der Waals surface area contributed by atoms with Gasteiger partial charge in [-0.1, -0.05) is 41.4 Å². The molecule has 0 fully saturated rings. The third-order valence-corrected chi connectivity index (χ3v) is 4.43. The Bertz CT molecular complexity index is 918. The van der Waals surface area contributed by atoms with Crippen molar-refractivity contribution in [2.24, 2.45) is 0 Å². The summed E-state index contributed by atoms with van der Waals surface area (Å²) >= 11 is 11.9. The molecular weight excluding hydrogens is 349 g/mol. The number of rotatable bonds is 4. The minimum absolute atomic E-state index is 0.128. The SMILES string of the molecule is Cc1c(CO)c2ccccc2n1C(=O)COc1ccc(Cl)cc1Cl. The van der Waals surface area contributed by atoms with Gasteiger partial charge in [-0.2, -0.15) is 0 Å². The van der Waals surface area contributed by atoms with Gasteiger partial charge in [0.25, 0.3) is 5.91 Å². The fourth-order valence-corrected chi connectivity index (χ4v) is 3.21. The van der Waals surface area contributed by atoms with Crippen LogP contribution in [-0.2, 0) is 6.61 Å². The van der Waals surface area contributed by atoms with Crippen LogP contribution in [0.1, 0.15) is 16.1 Å². The molecule has 0 saturated heterocycles. The molecule has 0 amide bonds. The maximum absolute atomic E-state index is 12.6. The molecule has 2 aromatic carbocycles. The van der Waals surface area contributed by atoms with Gasteiger partial charge in [0.05, 0.1) is 17.1 Å². The molecule has 0 aliphatic carbocycles. The van der Waals surface area contributed by atoms with Crippen LogP contribution in [0.2, 0.25) is 10.0 Å². The highest BCUT2D eigenvalue weighted by Gasteiger charge is 2.18. The third kappa shape index (κ3) is 3.00. The molecule has 0 aliphatic heterocycles. The molecule has 0 atom stereocenters. The molecule has 0 aliphatic rings. The van der Waals surface area contributed by atoms with Crippen LogP contribution in [0, 0.1) is 6.92 Å². The Balaban J connectivity index is 1.90. The Morgan fingerprint density at radius 3 is 2.67 bits per heavy atom. The lowest BCUT2D eigenvalue weighted by molar-refractivity contribution is 0.0841. The van der Waals surface area contributed by atoms with Gasteiger partial charge in [-0.3, -0.25) is 9.36 Å². The Hall–Kier alpha value is -2.01. The number of aliphatic hydroxyl groups is 1. The van der Waals surface area contributed by atoms with E-state index in [0.717, 1.165) is 16.5 Å². The number of aromatic nitrogens is 1. The van der Waals surface area contributed by atoms with Crippen LogP contribution in [0.25, 0.3) is 10.9 Å². The topological polar surface area (TPSA) is 51.5 Å². The number of hydrogen-bond acceptors (Lipinski definition) is 3. The van der Waals surface area contributed by atoms with E-state index in [0.29, 0.717) is 21.5 Å². The highest BCUT2D eigenvalue weighted by Crippen LogP contribution is 2.28. The molecule has 24 heavy (non-hydrogen) atoms. The second-order valence-corrected chi connectivity index (χ2v) is 6.18. The summed E-state index contributed by atoms with van der Waals surface area (Å²) in [5.74, 6) is 0.153. The second kappa shape index (κ2) is 6.85. The molecule has 0 saturated carbocycles. The first-order valence-electron chi connectivity index (χ1n) is 7.33. The molecule has 0 radical (unpaired) electrons. The number of para-hydroxylation sites is 1. The lowest BCUT2D eigenvalue weighted by Gasteiger charge is -2.10. The third-order valence-electron chi connectivity index (χ3n) is 3.89. The van der Waals surface area contributed by atoms with Gasteiger partial charge in [0.2, 0.25) is 0 Å². The van der Waals surface area contributed by atoms with Gasteiger partial charge in [-0.05, 0) is 31.2 Å². The van der Waals surface area contributed by atoms with Gasteiger partial charge in [-0.15, -0.1) is 0 Å². The number of benzene rings is 2. The van der Waals surface area contributed by atoms with Crippen molar-refractivity contribution >= 4 is 40.0 Å². The highest BCUT2D eigenvalue weighted by atomic mass is 35.5. The smallest absolute Gasteiger partial charge is 0.269 e. The van der Waals surface area contributed by atoms with Crippen LogP contribution >= 0.6 is 23.2 Å². The number of aliphatic hydroxyl groups excluding tert-OH is 1. The Morgan fingerprint density at radius 2 is 1.96 bits per heavy atom. The van der Waals surface area contributed by atoms with E-state index in [2.05, 4.69) is 0 Å². The van der Waals surface area contributed by atoms with Crippen molar-refractivity contribution in [1.29, 1.82) is 0 Å². The molecule has 3 aromatic rings. The number of nitrogens with zero attached hydrogens (tertiary/aromatic N) is 1. The van der Waals surface area contributed by atoms with Crippen molar-refractivity contribution in [1.82, 2.24) is 4.57 Å². The van der Waals surface area contributed by atoms with Crippen LogP contribution in [0.5, 0.6) is 5.75 Å². The van der Waals surface area contributed by atoms with Crippen molar-refractivity contribution < 1.29 is 14.6 Å². The molecule has 1 N–H and O–H groups in total. The van der Waals surface area contributed by atoms with E-state index >= 15 is 0 Å². The van der Waals surface area contributed by atoms with Crippen LogP contribution in [0.3, 0.4) is 0 Å². The molecule has 0 unspecified atom stereocenters. The van der Waals surface area contributed by atoms with E-state index in [1.807, 2.05) is 24.3 Å². The van der Waals surface area contributed by atoms with E-state index in [4.69, 9.17) is 27.9 Å². The number of halogens is 2. The van der Waals surface area contributed by atoms with Crippen LogP contribution in [0.15, 0.2) is 42.5 Å². The number of ether oxygens (including phenoxy) is 1. The summed E-state index contributed by atoms with van der Waals surface area (Å²) < 4.78 is 7.09. The Labute approximate surface area is 149 Å². The number of fused-ring (bicyclic) bond motifs is 1. The first-order chi connectivity index (χ1) is 11.5. The molecule has 1 aromatic heterocycles. The van der Waals surface area contributed by atoms with Crippen LogP contribution < -0.4 is 4.74 Å². The molecule has 124 valence electrons. The van der Waals surface area contributed by atoms with Crippen molar-refractivity contribution in [3.8, 4) is 5.75 Å². The van der Waals surface area contributed by atoms with Gasteiger partial charge < -0.3 is 9.84 Å². The van der Waals surface area contributed by atoms with Gasteiger partial charge in [0.15, 0.2) is 6.61 Å². The summed E-state index contributed by atoms with van der Waals surface area (Å²) in [5.41, 5.74) is 2.19. The average molecular weight is 364 g/mol. The molecule has 0 spiro atoms. The summed E-state index contributed by atoms with van der Waals surface area (Å²) in [6.45, 7) is 1.50. The second-order valence-electron chi connectivity index (χ2n) is 5.33. The maximum Gasteiger partial charge on any atom is 0.269 e. The summed E-state index contributed by atoms with van der Waals surface area (Å²) in [6.07, 6.45) is 0. The van der Waals surface area contributed by atoms with Crippen molar-refractivity contribution in [3.63, 3.8) is 0 Å². The van der Waals surface area contributed by atoms with Crippen molar-refractivity contribution in [2.45, 2.75) is 13.5 Å². The first-order valence-corrected chi connectivity index (χ1v) is 8.09. The Kier molecular flexibility index (Phi) is 4.81. The van der Waals surface area contributed by atoms with E-state index in [9.17, 15) is 9.90 Å².